The third-order valence-corrected chi connectivity index (χ3v) is 8.64. The Bertz CT molecular complexity index is 760. The molecule has 5 fully saturated rings. The van der Waals surface area contributed by atoms with Crippen molar-refractivity contribution in [3.8, 4) is 0 Å². The molecule has 0 aromatic heterocycles. The van der Waals surface area contributed by atoms with Gasteiger partial charge < -0.3 is 10.6 Å². The summed E-state index contributed by atoms with van der Waals surface area (Å²) >= 11 is 6.28. The molecular formula is C23H30ClFN2O. The van der Waals surface area contributed by atoms with E-state index in [0.29, 0.717) is 24.8 Å². The Morgan fingerprint density at radius 1 is 1.21 bits per heavy atom. The molecule has 3 unspecified atom stereocenters. The number of hydrogen-bond donors (Lipinski definition) is 2. The molecule has 4 bridgehead atoms. The van der Waals surface area contributed by atoms with E-state index in [2.05, 4.69) is 41.0 Å². The van der Waals surface area contributed by atoms with Gasteiger partial charge in [-0.15, -0.1) is 11.6 Å². The number of piperidine rings is 1. The molecule has 152 valence electrons. The number of alkyl halides is 2. The molecule has 28 heavy (non-hydrogen) atoms. The predicted octanol–water partition coefficient (Wildman–Crippen LogP) is 3.95. The minimum Gasteiger partial charge on any atom is -0.350 e. The molecule has 1 heterocycles. The van der Waals surface area contributed by atoms with E-state index in [1.54, 1.807) is 0 Å². The first-order valence-corrected chi connectivity index (χ1v) is 11.3. The monoisotopic (exact) mass is 404 g/mol. The Morgan fingerprint density at radius 3 is 2.79 bits per heavy atom. The Morgan fingerprint density at radius 2 is 2.04 bits per heavy atom. The van der Waals surface area contributed by atoms with Crippen LogP contribution >= 0.6 is 11.6 Å². The van der Waals surface area contributed by atoms with Gasteiger partial charge in [-0.25, -0.2) is 4.39 Å². The van der Waals surface area contributed by atoms with Crippen LogP contribution in [-0.4, -0.2) is 37.1 Å². The number of carbonyl (C=O) groups is 1. The van der Waals surface area contributed by atoms with E-state index in [1.165, 1.54) is 12.0 Å². The summed E-state index contributed by atoms with van der Waals surface area (Å²) < 4.78 is 14.4. The van der Waals surface area contributed by atoms with Gasteiger partial charge in [-0.1, -0.05) is 30.3 Å². The van der Waals surface area contributed by atoms with Crippen molar-refractivity contribution in [2.75, 3.05) is 19.0 Å². The summed E-state index contributed by atoms with van der Waals surface area (Å²) in [5.41, 5.74) is 1.04. The zero-order chi connectivity index (χ0) is 19.4. The second kappa shape index (κ2) is 6.70. The first kappa shape index (κ1) is 18.9. The number of rotatable bonds is 5. The molecule has 1 aromatic rings. The van der Waals surface area contributed by atoms with Crippen LogP contribution in [0.5, 0.6) is 0 Å². The largest absolute Gasteiger partial charge is 0.350 e. The lowest BCUT2D eigenvalue weighted by atomic mass is 9.63. The fourth-order valence-corrected chi connectivity index (χ4v) is 7.95. The Labute approximate surface area is 171 Å². The number of carbonyl (C=O) groups excluding carboxylic acids is 1. The van der Waals surface area contributed by atoms with Gasteiger partial charge in [0, 0.05) is 12.4 Å². The van der Waals surface area contributed by atoms with Crippen molar-refractivity contribution in [3.63, 3.8) is 0 Å². The second-order valence-corrected chi connectivity index (χ2v) is 10.2. The SMILES string of the molecule is O=C(NC1CCNC[C@@H]1F)C12CC3C[C@](c4ccccc4)(C1)C[C@@]2(CCCl)C3. The number of halogens is 2. The fraction of sp³-hybridized carbons (Fsp3) is 0.696. The number of hydrogen-bond acceptors (Lipinski definition) is 2. The third-order valence-electron chi connectivity index (χ3n) is 8.45. The average Bonchev–Trinajstić information content (AvgIpc) is 3.03. The third kappa shape index (κ3) is 2.60. The highest BCUT2D eigenvalue weighted by Gasteiger charge is 2.74. The molecule has 1 aromatic carbocycles. The van der Waals surface area contributed by atoms with Crippen molar-refractivity contribution in [1.29, 1.82) is 0 Å². The highest BCUT2D eigenvalue weighted by atomic mass is 35.5. The van der Waals surface area contributed by atoms with Gasteiger partial charge in [0.15, 0.2) is 0 Å². The number of benzene rings is 1. The van der Waals surface area contributed by atoms with Gasteiger partial charge in [0.1, 0.15) is 6.17 Å². The molecule has 2 N–H and O–H groups in total. The maximum absolute atomic E-state index is 14.4. The van der Waals surface area contributed by atoms with E-state index < -0.39 is 6.17 Å². The van der Waals surface area contributed by atoms with Crippen molar-refractivity contribution in [2.24, 2.45) is 16.7 Å². The first-order chi connectivity index (χ1) is 13.5. The Kier molecular flexibility index (Phi) is 4.52. The molecule has 3 nitrogen and oxygen atoms in total. The minimum absolute atomic E-state index is 0.0314. The van der Waals surface area contributed by atoms with Crippen LogP contribution in [0, 0.1) is 16.7 Å². The molecule has 0 spiro atoms. The van der Waals surface area contributed by atoms with Crippen LogP contribution in [0.3, 0.4) is 0 Å². The summed E-state index contributed by atoms with van der Waals surface area (Å²) in [5.74, 6) is 1.27. The molecule has 0 radical (unpaired) electrons. The molecule has 6 atom stereocenters. The number of nitrogens with one attached hydrogen (secondary N) is 2. The lowest BCUT2D eigenvalue weighted by Crippen LogP contribution is -2.56. The first-order valence-electron chi connectivity index (χ1n) is 10.8. The van der Waals surface area contributed by atoms with E-state index in [-0.39, 0.29) is 28.2 Å². The van der Waals surface area contributed by atoms with Gasteiger partial charge in [0.25, 0.3) is 0 Å². The zero-order valence-electron chi connectivity index (χ0n) is 16.4. The maximum atomic E-state index is 14.4. The standard InChI is InChI=1S/C23H30ClFN2O/c24-8-7-22-11-16-10-21(14-22,17-4-2-1-3-5-17)15-23(22,12-16)20(28)27-19-6-9-26-13-18(19)25/h1-5,16,18-19,26H,6-15H2,(H,27,28)/t16?,18-,19?,21+,22+,23?/m0/s1. The molecular weight excluding hydrogens is 375 g/mol. The minimum atomic E-state index is -1.00. The summed E-state index contributed by atoms with van der Waals surface area (Å²) in [6.45, 7) is 1.10. The summed E-state index contributed by atoms with van der Waals surface area (Å²) in [7, 11) is 0. The van der Waals surface area contributed by atoms with E-state index in [0.717, 1.165) is 38.6 Å². The summed E-state index contributed by atoms with van der Waals surface area (Å²) in [4.78, 5) is 13.7. The zero-order valence-corrected chi connectivity index (χ0v) is 17.1. The van der Waals surface area contributed by atoms with Crippen molar-refractivity contribution < 1.29 is 9.18 Å². The van der Waals surface area contributed by atoms with Crippen molar-refractivity contribution in [3.05, 3.63) is 35.9 Å². The van der Waals surface area contributed by atoms with Gasteiger partial charge in [0.05, 0.1) is 11.5 Å². The van der Waals surface area contributed by atoms with E-state index >= 15 is 0 Å². The van der Waals surface area contributed by atoms with Crippen LogP contribution in [-0.2, 0) is 10.2 Å². The topological polar surface area (TPSA) is 41.1 Å². The van der Waals surface area contributed by atoms with Crippen molar-refractivity contribution >= 4 is 17.5 Å². The second-order valence-electron chi connectivity index (χ2n) is 9.87. The van der Waals surface area contributed by atoms with Crippen LogP contribution in [0.4, 0.5) is 4.39 Å². The van der Waals surface area contributed by atoms with E-state index in [4.69, 9.17) is 11.6 Å². The lowest BCUT2D eigenvalue weighted by molar-refractivity contribution is -0.138. The lowest BCUT2D eigenvalue weighted by Gasteiger charge is -2.41. The molecule has 5 aliphatic rings. The summed E-state index contributed by atoms with van der Waals surface area (Å²) in [5, 5.41) is 6.25. The van der Waals surface area contributed by atoms with Gasteiger partial charge in [-0.05, 0) is 73.8 Å². The Balaban J connectivity index is 1.49. The van der Waals surface area contributed by atoms with Crippen LogP contribution in [0.25, 0.3) is 0 Å². The molecule has 6 rings (SSSR count). The highest BCUT2D eigenvalue weighted by molar-refractivity contribution is 6.17. The Hall–Kier alpha value is -1.13. The molecule has 1 amide bonds. The quantitative estimate of drug-likeness (QED) is 0.729. The van der Waals surface area contributed by atoms with Gasteiger partial charge in [-0.3, -0.25) is 4.79 Å². The maximum Gasteiger partial charge on any atom is 0.227 e. The van der Waals surface area contributed by atoms with E-state index in [9.17, 15) is 9.18 Å². The summed E-state index contributed by atoms with van der Waals surface area (Å²) in [6.07, 6.45) is 5.72. The molecule has 1 saturated heterocycles. The normalized spacial score (nSPS) is 44.0. The molecule has 4 saturated carbocycles. The van der Waals surface area contributed by atoms with Gasteiger partial charge >= 0.3 is 0 Å². The number of amides is 1. The molecule has 5 heteroatoms. The van der Waals surface area contributed by atoms with Crippen molar-refractivity contribution in [2.45, 2.75) is 62.6 Å². The van der Waals surface area contributed by atoms with Crippen LogP contribution in [0.15, 0.2) is 30.3 Å². The summed E-state index contributed by atoms with van der Waals surface area (Å²) in [6, 6.07) is 10.4. The van der Waals surface area contributed by atoms with Crippen LogP contribution in [0.1, 0.15) is 50.5 Å². The fourth-order valence-electron chi connectivity index (χ4n) is 7.59. The molecule has 4 aliphatic carbocycles. The highest BCUT2D eigenvalue weighted by Crippen LogP contribution is 2.77. The van der Waals surface area contributed by atoms with E-state index in [1.807, 2.05) is 0 Å². The smallest absolute Gasteiger partial charge is 0.227 e. The average molecular weight is 405 g/mol. The van der Waals surface area contributed by atoms with Crippen LogP contribution < -0.4 is 10.6 Å². The van der Waals surface area contributed by atoms with Gasteiger partial charge in [0.2, 0.25) is 5.91 Å². The van der Waals surface area contributed by atoms with Crippen molar-refractivity contribution in [1.82, 2.24) is 10.6 Å². The van der Waals surface area contributed by atoms with Gasteiger partial charge in [-0.2, -0.15) is 0 Å². The van der Waals surface area contributed by atoms with Crippen LogP contribution in [0.2, 0.25) is 0 Å². The predicted molar refractivity (Wildman–Crippen MR) is 109 cm³/mol. The molecule has 1 aliphatic heterocycles.